The molecule has 0 aliphatic heterocycles. The molecule has 0 aromatic heterocycles. The lowest BCUT2D eigenvalue weighted by atomic mass is 10.1. The number of amides is 1. The first kappa shape index (κ1) is 17.7. The van der Waals surface area contributed by atoms with Crippen LogP contribution in [0.4, 0.5) is 8.78 Å². The van der Waals surface area contributed by atoms with Crippen molar-refractivity contribution in [2.45, 2.75) is 32.0 Å². The molecule has 4 nitrogen and oxygen atoms in total. The summed E-state index contributed by atoms with van der Waals surface area (Å²) < 4.78 is 28.7. The molecule has 1 unspecified atom stereocenters. The van der Waals surface area contributed by atoms with E-state index in [1.165, 1.54) is 12.1 Å². The molecule has 118 valence electrons. The van der Waals surface area contributed by atoms with Gasteiger partial charge in [0.1, 0.15) is 5.75 Å². The van der Waals surface area contributed by atoms with E-state index < -0.39 is 12.7 Å². The molecule has 0 aliphatic rings. The number of ether oxygens (including phenoxy) is 1. The highest BCUT2D eigenvalue weighted by Gasteiger charge is 2.16. The number of hydrogen-bond donors (Lipinski definition) is 2. The van der Waals surface area contributed by atoms with Crippen LogP contribution in [0.5, 0.6) is 5.75 Å². The highest BCUT2D eigenvalue weighted by atomic mass is 32.2. The fourth-order valence-electron chi connectivity index (χ4n) is 1.74. The number of rotatable bonds is 8. The zero-order chi connectivity index (χ0) is 15.8. The summed E-state index contributed by atoms with van der Waals surface area (Å²) in [4.78, 5) is 11.9. The number of alkyl halides is 2. The van der Waals surface area contributed by atoms with Crippen LogP contribution in [0.1, 0.15) is 24.9 Å². The number of carbonyl (C=O) groups is 1. The van der Waals surface area contributed by atoms with Gasteiger partial charge in [-0.05, 0) is 43.0 Å². The van der Waals surface area contributed by atoms with Crippen molar-refractivity contribution in [3.8, 4) is 5.75 Å². The van der Waals surface area contributed by atoms with Gasteiger partial charge in [-0.1, -0.05) is 12.1 Å². The lowest BCUT2D eigenvalue weighted by molar-refractivity contribution is -0.123. The lowest BCUT2D eigenvalue weighted by Gasteiger charge is -2.18. The molecule has 0 spiro atoms. The van der Waals surface area contributed by atoms with Crippen LogP contribution in [-0.4, -0.2) is 30.6 Å². The maximum atomic E-state index is 12.2. The second-order valence-corrected chi connectivity index (χ2v) is 5.55. The van der Waals surface area contributed by atoms with Gasteiger partial charge in [0, 0.05) is 0 Å². The van der Waals surface area contributed by atoms with Crippen LogP contribution in [0, 0.1) is 0 Å². The van der Waals surface area contributed by atoms with Crippen LogP contribution >= 0.6 is 11.8 Å². The molecule has 0 radical (unpaired) electrons. The number of hydrogen-bond acceptors (Lipinski definition) is 4. The third-order valence-electron chi connectivity index (χ3n) is 2.91. The molecule has 0 aliphatic carbocycles. The average molecular weight is 318 g/mol. The zero-order valence-corrected chi connectivity index (χ0v) is 12.8. The Hall–Kier alpha value is -1.34. The quantitative estimate of drug-likeness (QED) is 0.773. The van der Waals surface area contributed by atoms with E-state index in [1.807, 2.05) is 6.26 Å². The summed E-state index contributed by atoms with van der Waals surface area (Å²) in [5.41, 5.74) is 6.46. The summed E-state index contributed by atoms with van der Waals surface area (Å²) in [6, 6.07) is 5.35. The number of benzene rings is 1. The Kier molecular flexibility index (Phi) is 7.45. The number of carbonyl (C=O) groups excluding carboxylic acids is 1. The van der Waals surface area contributed by atoms with Gasteiger partial charge in [0.25, 0.3) is 0 Å². The van der Waals surface area contributed by atoms with Crippen molar-refractivity contribution < 1.29 is 18.3 Å². The van der Waals surface area contributed by atoms with Gasteiger partial charge in [-0.15, -0.1) is 0 Å². The van der Waals surface area contributed by atoms with Crippen LogP contribution in [0.2, 0.25) is 0 Å². The number of halogens is 2. The summed E-state index contributed by atoms with van der Waals surface area (Å²) in [6.07, 6.45) is 2.54. The molecule has 7 heteroatoms. The molecule has 0 saturated carbocycles. The zero-order valence-electron chi connectivity index (χ0n) is 12.0. The maximum Gasteiger partial charge on any atom is 0.387 e. The summed E-state index contributed by atoms with van der Waals surface area (Å²) in [5, 5.41) is 2.77. The van der Waals surface area contributed by atoms with E-state index in [0.29, 0.717) is 12.0 Å². The molecule has 0 saturated heterocycles. The molecule has 0 bridgehead atoms. The van der Waals surface area contributed by atoms with Crippen LogP contribution in [0.25, 0.3) is 0 Å². The predicted molar refractivity (Wildman–Crippen MR) is 80.6 cm³/mol. The van der Waals surface area contributed by atoms with Crippen molar-refractivity contribution in [2.75, 3.05) is 12.0 Å². The van der Waals surface area contributed by atoms with Crippen LogP contribution < -0.4 is 15.8 Å². The Morgan fingerprint density at radius 2 is 2.19 bits per heavy atom. The molecular formula is C14H20F2N2O2S. The smallest absolute Gasteiger partial charge is 0.387 e. The van der Waals surface area contributed by atoms with Gasteiger partial charge in [-0.25, -0.2) is 0 Å². The number of thioether (sulfide) groups is 1. The predicted octanol–water partition coefficient (Wildman–Crippen LogP) is 2.55. The van der Waals surface area contributed by atoms with Crippen LogP contribution in [0.15, 0.2) is 24.3 Å². The van der Waals surface area contributed by atoms with Gasteiger partial charge in [-0.2, -0.15) is 20.5 Å². The van der Waals surface area contributed by atoms with Gasteiger partial charge in [0.15, 0.2) is 0 Å². The fraction of sp³-hybridized carbons (Fsp3) is 0.500. The second-order valence-electron chi connectivity index (χ2n) is 4.57. The van der Waals surface area contributed by atoms with Crippen molar-refractivity contribution in [3.63, 3.8) is 0 Å². The van der Waals surface area contributed by atoms with Gasteiger partial charge >= 0.3 is 6.61 Å². The standard InChI is InChI=1S/C14H20F2N2O2S/c1-9(18-13(19)12(17)6-7-21-2)10-4-3-5-11(8-10)20-14(15)16/h3-5,8-9,12,14H,6-7,17H2,1-2H3,(H,18,19)/t9?,12-/m1/s1. The molecule has 0 heterocycles. The Morgan fingerprint density at radius 1 is 1.48 bits per heavy atom. The third kappa shape index (κ3) is 6.31. The number of nitrogens with one attached hydrogen (secondary N) is 1. The van der Waals surface area contributed by atoms with Crippen LogP contribution in [-0.2, 0) is 4.79 Å². The second kappa shape index (κ2) is 8.84. The largest absolute Gasteiger partial charge is 0.435 e. The normalized spacial score (nSPS) is 13.8. The minimum Gasteiger partial charge on any atom is -0.435 e. The maximum absolute atomic E-state index is 12.2. The molecule has 1 amide bonds. The summed E-state index contributed by atoms with van der Waals surface area (Å²) in [6.45, 7) is -1.11. The Bertz CT molecular complexity index is 460. The van der Waals surface area contributed by atoms with E-state index in [9.17, 15) is 13.6 Å². The van der Waals surface area contributed by atoms with E-state index in [4.69, 9.17) is 5.73 Å². The molecule has 3 N–H and O–H groups in total. The van der Waals surface area contributed by atoms with E-state index in [-0.39, 0.29) is 17.7 Å². The fourth-order valence-corrected chi connectivity index (χ4v) is 2.23. The summed E-state index contributed by atoms with van der Waals surface area (Å²) in [5.74, 6) is 0.618. The lowest BCUT2D eigenvalue weighted by Crippen LogP contribution is -2.41. The number of nitrogens with two attached hydrogens (primary N) is 1. The SMILES string of the molecule is CSCC[C@@H](N)C(=O)NC(C)c1cccc(OC(F)F)c1. The third-order valence-corrected chi connectivity index (χ3v) is 3.56. The van der Waals surface area contributed by atoms with Crippen LogP contribution in [0.3, 0.4) is 0 Å². The van der Waals surface area contributed by atoms with Crippen molar-refractivity contribution in [1.82, 2.24) is 5.32 Å². The average Bonchev–Trinajstić information content (AvgIpc) is 2.44. The van der Waals surface area contributed by atoms with E-state index >= 15 is 0 Å². The monoisotopic (exact) mass is 318 g/mol. The van der Waals surface area contributed by atoms with E-state index in [2.05, 4.69) is 10.1 Å². The molecule has 1 rings (SSSR count). The summed E-state index contributed by atoms with van der Waals surface area (Å²) in [7, 11) is 0. The molecule has 21 heavy (non-hydrogen) atoms. The van der Waals surface area contributed by atoms with Gasteiger partial charge in [0.2, 0.25) is 5.91 Å². The van der Waals surface area contributed by atoms with Crippen molar-refractivity contribution in [3.05, 3.63) is 29.8 Å². The molecular weight excluding hydrogens is 298 g/mol. The Balaban J connectivity index is 2.62. The molecule has 0 fully saturated rings. The Morgan fingerprint density at radius 3 is 2.81 bits per heavy atom. The van der Waals surface area contributed by atoms with Crippen molar-refractivity contribution in [1.29, 1.82) is 0 Å². The summed E-state index contributed by atoms with van der Waals surface area (Å²) >= 11 is 1.62. The van der Waals surface area contributed by atoms with E-state index in [0.717, 1.165) is 5.75 Å². The van der Waals surface area contributed by atoms with Gasteiger partial charge in [-0.3, -0.25) is 4.79 Å². The van der Waals surface area contributed by atoms with Gasteiger partial charge < -0.3 is 15.8 Å². The van der Waals surface area contributed by atoms with Crippen molar-refractivity contribution in [2.24, 2.45) is 5.73 Å². The minimum atomic E-state index is -2.87. The first-order valence-electron chi connectivity index (χ1n) is 6.53. The Labute approximate surface area is 127 Å². The molecule has 2 atom stereocenters. The van der Waals surface area contributed by atoms with Gasteiger partial charge in [0.05, 0.1) is 12.1 Å². The first-order valence-corrected chi connectivity index (χ1v) is 7.93. The topological polar surface area (TPSA) is 64.4 Å². The van der Waals surface area contributed by atoms with Crippen molar-refractivity contribution >= 4 is 17.7 Å². The highest BCUT2D eigenvalue weighted by Crippen LogP contribution is 2.20. The first-order chi connectivity index (χ1) is 9.93. The highest BCUT2D eigenvalue weighted by molar-refractivity contribution is 7.98. The molecule has 1 aromatic carbocycles. The molecule has 1 aromatic rings. The van der Waals surface area contributed by atoms with E-state index in [1.54, 1.807) is 30.8 Å². The minimum absolute atomic E-state index is 0.0651.